The molecule has 6 heteroatoms. The summed E-state index contributed by atoms with van der Waals surface area (Å²) in [5.41, 5.74) is 3.75. The summed E-state index contributed by atoms with van der Waals surface area (Å²) in [6, 6.07) is 13.0. The van der Waals surface area contributed by atoms with Gasteiger partial charge < -0.3 is 14.5 Å². The number of aromatic nitrogens is 2. The Morgan fingerprint density at radius 3 is 2.56 bits per heavy atom. The molecule has 3 rings (SSSR count). The zero-order chi connectivity index (χ0) is 17.8. The number of rotatable bonds is 5. The van der Waals surface area contributed by atoms with E-state index in [2.05, 4.69) is 15.5 Å². The van der Waals surface area contributed by atoms with Crippen LogP contribution in [0.3, 0.4) is 0 Å². The zero-order valence-electron chi connectivity index (χ0n) is 14.3. The molecule has 1 heterocycles. The lowest BCUT2D eigenvalue weighted by molar-refractivity contribution is -0.122. The number of aryl methyl sites for hydroxylation is 2. The van der Waals surface area contributed by atoms with Crippen LogP contribution in [0, 0.1) is 13.8 Å². The summed E-state index contributed by atoms with van der Waals surface area (Å²) in [5.74, 6) is 0.826. The van der Waals surface area contributed by atoms with E-state index >= 15 is 0 Å². The van der Waals surface area contributed by atoms with Gasteiger partial charge in [0.05, 0.1) is 0 Å². The highest BCUT2D eigenvalue weighted by Gasteiger charge is 2.16. The summed E-state index contributed by atoms with van der Waals surface area (Å²) in [7, 11) is 0. The van der Waals surface area contributed by atoms with E-state index in [1.807, 2.05) is 32.0 Å². The van der Waals surface area contributed by atoms with Crippen LogP contribution in [0.2, 0.25) is 0 Å². The first-order valence-electron chi connectivity index (χ1n) is 7.94. The molecule has 0 aliphatic rings. The van der Waals surface area contributed by atoms with Crippen molar-refractivity contribution in [3.8, 4) is 17.2 Å². The number of nitrogens with one attached hydrogen (secondary N) is 1. The summed E-state index contributed by atoms with van der Waals surface area (Å²) < 4.78 is 10.8. The van der Waals surface area contributed by atoms with Gasteiger partial charge >= 0.3 is 0 Å². The molecule has 1 amide bonds. The number of hydrogen-bond donors (Lipinski definition) is 1. The number of carbonyl (C=O) groups is 1. The standard InChI is InChI=1S/C19H19N3O3/c1-12-4-9-17(13(2)10-12)21-18(23)14(3)25-16-7-5-15(6-8-16)19-22-20-11-24-19/h4-11,14H,1-3H3,(H,21,23). The molecule has 0 saturated carbocycles. The minimum atomic E-state index is -0.630. The van der Waals surface area contributed by atoms with Gasteiger partial charge in [0.15, 0.2) is 6.10 Å². The van der Waals surface area contributed by atoms with Crippen molar-refractivity contribution in [3.63, 3.8) is 0 Å². The third-order valence-corrected chi connectivity index (χ3v) is 3.78. The van der Waals surface area contributed by atoms with E-state index < -0.39 is 6.10 Å². The summed E-state index contributed by atoms with van der Waals surface area (Å²) in [6.07, 6.45) is 0.647. The van der Waals surface area contributed by atoms with Crippen molar-refractivity contribution in [2.45, 2.75) is 26.9 Å². The molecular weight excluding hydrogens is 318 g/mol. The molecule has 0 aliphatic carbocycles. The summed E-state index contributed by atoms with van der Waals surface area (Å²) in [6.45, 7) is 5.69. The van der Waals surface area contributed by atoms with Crippen LogP contribution in [0.15, 0.2) is 53.3 Å². The van der Waals surface area contributed by atoms with Crippen molar-refractivity contribution in [2.75, 3.05) is 5.32 Å². The van der Waals surface area contributed by atoms with Gasteiger partial charge in [0.2, 0.25) is 12.3 Å². The van der Waals surface area contributed by atoms with Gasteiger partial charge in [-0.1, -0.05) is 17.7 Å². The molecule has 1 atom stereocenters. The first kappa shape index (κ1) is 16.7. The normalized spacial score (nSPS) is 11.8. The molecule has 0 aliphatic heterocycles. The maximum absolute atomic E-state index is 12.3. The SMILES string of the molecule is Cc1ccc(NC(=O)C(C)Oc2ccc(-c3nnco3)cc2)c(C)c1. The Kier molecular flexibility index (Phi) is 4.79. The third kappa shape index (κ3) is 4.03. The third-order valence-electron chi connectivity index (χ3n) is 3.78. The molecule has 1 unspecified atom stereocenters. The van der Waals surface area contributed by atoms with Crippen LogP contribution in [-0.2, 0) is 4.79 Å². The quantitative estimate of drug-likeness (QED) is 0.767. The van der Waals surface area contributed by atoms with E-state index in [0.717, 1.165) is 22.4 Å². The second-order valence-electron chi connectivity index (χ2n) is 5.84. The molecule has 3 aromatic rings. The van der Waals surface area contributed by atoms with Crippen molar-refractivity contribution in [1.82, 2.24) is 10.2 Å². The van der Waals surface area contributed by atoms with E-state index in [4.69, 9.17) is 9.15 Å². The predicted octanol–water partition coefficient (Wildman–Crippen LogP) is 3.76. The van der Waals surface area contributed by atoms with Crippen molar-refractivity contribution in [2.24, 2.45) is 0 Å². The van der Waals surface area contributed by atoms with Gasteiger partial charge in [-0.2, -0.15) is 0 Å². The molecule has 0 saturated heterocycles. The second-order valence-corrected chi connectivity index (χ2v) is 5.84. The Hall–Kier alpha value is -3.15. The van der Waals surface area contributed by atoms with Gasteiger partial charge in [-0.05, 0) is 56.7 Å². The summed E-state index contributed by atoms with van der Waals surface area (Å²) >= 11 is 0. The van der Waals surface area contributed by atoms with Gasteiger partial charge in [-0.3, -0.25) is 4.79 Å². The van der Waals surface area contributed by atoms with Crippen molar-refractivity contribution >= 4 is 11.6 Å². The molecular formula is C19H19N3O3. The Balaban J connectivity index is 1.63. The molecule has 0 spiro atoms. The first-order valence-corrected chi connectivity index (χ1v) is 7.94. The Labute approximate surface area is 145 Å². The van der Waals surface area contributed by atoms with E-state index in [0.29, 0.717) is 11.6 Å². The first-order chi connectivity index (χ1) is 12.0. The lowest BCUT2D eigenvalue weighted by atomic mass is 10.1. The number of hydrogen-bond acceptors (Lipinski definition) is 5. The molecule has 25 heavy (non-hydrogen) atoms. The largest absolute Gasteiger partial charge is 0.481 e. The van der Waals surface area contributed by atoms with Gasteiger partial charge in [0.25, 0.3) is 5.91 Å². The zero-order valence-corrected chi connectivity index (χ0v) is 14.3. The summed E-state index contributed by atoms with van der Waals surface area (Å²) in [5, 5.41) is 10.4. The number of carbonyl (C=O) groups excluding carboxylic acids is 1. The molecule has 0 fully saturated rings. The van der Waals surface area contributed by atoms with Crippen LogP contribution in [0.1, 0.15) is 18.1 Å². The molecule has 6 nitrogen and oxygen atoms in total. The van der Waals surface area contributed by atoms with Gasteiger partial charge in [0, 0.05) is 11.3 Å². The highest BCUT2D eigenvalue weighted by Crippen LogP contribution is 2.21. The fourth-order valence-corrected chi connectivity index (χ4v) is 2.42. The highest BCUT2D eigenvalue weighted by molar-refractivity contribution is 5.94. The van der Waals surface area contributed by atoms with Crippen molar-refractivity contribution in [1.29, 1.82) is 0 Å². The molecule has 0 radical (unpaired) electrons. The Morgan fingerprint density at radius 1 is 1.16 bits per heavy atom. The topological polar surface area (TPSA) is 77.2 Å². The molecule has 1 aromatic heterocycles. The van der Waals surface area contributed by atoms with E-state index in [-0.39, 0.29) is 5.91 Å². The van der Waals surface area contributed by atoms with Crippen LogP contribution in [0.25, 0.3) is 11.5 Å². The number of anilines is 1. The second kappa shape index (κ2) is 7.17. The monoisotopic (exact) mass is 337 g/mol. The number of benzene rings is 2. The van der Waals surface area contributed by atoms with Crippen LogP contribution in [0.4, 0.5) is 5.69 Å². The van der Waals surface area contributed by atoms with Gasteiger partial charge in [0.1, 0.15) is 5.75 Å². The molecule has 0 bridgehead atoms. The van der Waals surface area contributed by atoms with Gasteiger partial charge in [-0.25, -0.2) is 0 Å². The lowest BCUT2D eigenvalue weighted by Crippen LogP contribution is -2.30. The van der Waals surface area contributed by atoms with Crippen LogP contribution in [-0.4, -0.2) is 22.2 Å². The minimum Gasteiger partial charge on any atom is -0.481 e. The van der Waals surface area contributed by atoms with E-state index in [1.54, 1.807) is 31.2 Å². The average Bonchev–Trinajstić information content (AvgIpc) is 3.12. The molecule has 2 aromatic carbocycles. The van der Waals surface area contributed by atoms with Gasteiger partial charge in [-0.15, -0.1) is 10.2 Å². The predicted molar refractivity (Wildman–Crippen MR) is 94.4 cm³/mol. The smallest absolute Gasteiger partial charge is 0.265 e. The molecule has 128 valence electrons. The van der Waals surface area contributed by atoms with Crippen molar-refractivity contribution in [3.05, 3.63) is 60.0 Å². The lowest BCUT2D eigenvalue weighted by Gasteiger charge is -2.16. The number of nitrogens with zero attached hydrogens (tertiary/aromatic N) is 2. The highest BCUT2D eigenvalue weighted by atomic mass is 16.5. The Morgan fingerprint density at radius 2 is 1.92 bits per heavy atom. The maximum atomic E-state index is 12.3. The fourth-order valence-electron chi connectivity index (χ4n) is 2.42. The maximum Gasteiger partial charge on any atom is 0.265 e. The summed E-state index contributed by atoms with van der Waals surface area (Å²) in [4.78, 5) is 12.3. The van der Waals surface area contributed by atoms with E-state index in [9.17, 15) is 4.79 Å². The fraction of sp³-hybridized carbons (Fsp3) is 0.211. The Bertz CT molecular complexity index is 858. The number of ether oxygens (including phenoxy) is 1. The van der Waals surface area contributed by atoms with Crippen LogP contribution < -0.4 is 10.1 Å². The van der Waals surface area contributed by atoms with Crippen molar-refractivity contribution < 1.29 is 13.9 Å². The van der Waals surface area contributed by atoms with Crippen LogP contribution >= 0.6 is 0 Å². The van der Waals surface area contributed by atoms with Crippen LogP contribution in [0.5, 0.6) is 5.75 Å². The number of amides is 1. The van der Waals surface area contributed by atoms with E-state index in [1.165, 1.54) is 6.39 Å². The minimum absolute atomic E-state index is 0.201. The average molecular weight is 337 g/mol. The molecule has 1 N–H and O–H groups in total.